The highest BCUT2D eigenvalue weighted by Gasteiger charge is 2.08. The molecule has 0 saturated heterocycles. The number of carbonyl (C=O) groups excluding carboxylic acids is 1. The number of pyridine rings is 1. The third kappa shape index (κ3) is 7.33. The zero-order chi connectivity index (χ0) is 21.1. The van der Waals surface area contributed by atoms with Crippen LogP contribution in [0.4, 0.5) is 11.5 Å². The van der Waals surface area contributed by atoms with E-state index in [1.165, 1.54) is 0 Å². The summed E-state index contributed by atoms with van der Waals surface area (Å²) in [7, 11) is 1.60. The standard InChI is InChI=1S/C21H29N5O3/c1-5-22-21(25-16-8-9-17(28-4)18(13-16)29-6-2)23-12-11-20(27)26-19-10-7-15(3)14-24-19/h7-10,13-14H,5-6,11-12H2,1-4H3,(H2,22,23,25)(H,24,26,27). The maximum atomic E-state index is 12.1. The highest BCUT2D eigenvalue weighted by molar-refractivity contribution is 5.94. The number of amides is 1. The molecule has 2 aromatic rings. The Morgan fingerprint density at radius 3 is 2.62 bits per heavy atom. The lowest BCUT2D eigenvalue weighted by molar-refractivity contribution is -0.116. The molecule has 0 bridgehead atoms. The second kappa shape index (κ2) is 11.5. The van der Waals surface area contributed by atoms with Crippen LogP contribution >= 0.6 is 0 Å². The van der Waals surface area contributed by atoms with Crippen molar-refractivity contribution in [2.75, 3.05) is 37.4 Å². The molecular formula is C21H29N5O3. The fraction of sp³-hybridized carbons (Fsp3) is 0.381. The van der Waals surface area contributed by atoms with Gasteiger partial charge < -0.3 is 25.4 Å². The van der Waals surface area contributed by atoms with Crippen LogP contribution in [0.5, 0.6) is 11.5 Å². The summed E-state index contributed by atoms with van der Waals surface area (Å²) in [5.74, 6) is 2.31. The van der Waals surface area contributed by atoms with Crippen LogP contribution < -0.4 is 25.4 Å². The number of aliphatic imine (C=N–C) groups is 1. The van der Waals surface area contributed by atoms with Crippen molar-refractivity contribution in [2.24, 2.45) is 4.99 Å². The number of nitrogens with zero attached hydrogens (tertiary/aromatic N) is 2. The van der Waals surface area contributed by atoms with E-state index in [2.05, 4.69) is 25.9 Å². The van der Waals surface area contributed by atoms with Crippen LogP contribution in [0, 0.1) is 6.92 Å². The molecule has 3 N–H and O–H groups in total. The van der Waals surface area contributed by atoms with Crippen LogP contribution in [0.1, 0.15) is 25.8 Å². The lowest BCUT2D eigenvalue weighted by Crippen LogP contribution is -2.31. The Balaban J connectivity index is 1.96. The second-order valence-corrected chi connectivity index (χ2v) is 6.20. The van der Waals surface area contributed by atoms with E-state index in [1.54, 1.807) is 19.4 Å². The number of methoxy groups -OCH3 is 1. The molecule has 156 valence electrons. The third-order valence-corrected chi connectivity index (χ3v) is 3.86. The molecule has 1 aromatic heterocycles. The van der Waals surface area contributed by atoms with Crippen molar-refractivity contribution in [3.8, 4) is 11.5 Å². The Kier molecular flexibility index (Phi) is 8.75. The van der Waals surface area contributed by atoms with Gasteiger partial charge in [-0.3, -0.25) is 9.79 Å². The van der Waals surface area contributed by atoms with Gasteiger partial charge in [-0.1, -0.05) is 6.07 Å². The Morgan fingerprint density at radius 2 is 1.97 bits per heavy atom. The minimum Gasteiger partial charge on any atom is -0.493 e. The monoisotopic (exact) mass is 399 g/mol. The van der Waals surface area contributed by atoms with Crippen LogP contribution in [0.25, 0.3) is 0 Å². The number of nitrogens with one attached hydrogen (secondary N) is 3. The number of rotatable bonds is 9. The number of hydrogen-bond acceptors (Lipinski definition) is 5. The zero-order valence-corrected chi connectivity index (χ0v) is 17.4. The molecule has 0 radical (unpaired) electrons. The number of ether oxygens (including phenoxy) is 2. The number of guanidine groups is 1. The fourth-order valence-electron chi connectivity index (χ4n) is 2.48. The average molecular weight is 399 g/mol. The number of carbonyl (C=O) groups is 1. The van der Waals surface area contributed by atoms with Crippen LogP contribution in [0.15, 0.2) is 41.5 Å². The molecule has 0 saturated carbocycles. The molecule has 0 spiro atoms. The van der Waals surface area contributed by atoms with Gasteiger partial charge in [-0.15, -0.1) is 0 Å². The summed E-state index contributed by atoms with van der Waals surface area (Å²) in [6, 6.07) is 9.24. The lowest BCUT2D eigenvalue weighted by Gasteiger charge is -2.14. The predicted molar refractivity (Wildman–Crippen MR) is 116 cm³/mol. The van der Waals surface area contributed by atoms with Gasteiger partial charge in [-0.05, 0) is 44.5 Å². The number of hydrogen-bond donors (Lipinski definition) is 3. The van der Waals surface area contributed by atoms with E-state index in [1.807, 2.05) is 45.0 Å². The topological polar surface area (TPSA) is 96.9 Å². The van der Waals surface area contributed by atoms with E-state index in [0.717, 1.165) is 11.3 Å². The summed E-state index contributed by atoms with van der Waals surface area (Å²) in [5.41, 5.74) is 1.85. The first kappa shape index (κ1) is 22.0. The van der Waals surface area contributed by atoms with Crippen molar-refractivity contribution in [3.05, 3.63) is 42.1 Å². The molecule has 1 aromatic carbocycles. The lowest BCUT2D eigenvalue weighted by atomic mass is 10.2. The quantitative estimate of drug-likeness (QED) is 0.443. The van der Waals surface area contributed by atoms with E-state index in [4.69, 9.17) is 9.47 Å². The zero-order valence-electron chi connectivity index (χ0n) is 17.4. The van der Waals surface area contributed by atoms with Gasteiger partial charge in [0.2, 0.25) is 5.91 Å². The molecule has 0 fully saturated rings. The first-order valence-corrected chi connectivity index (χ1v) is 9.64. The first-order valence-electron chi connectivity index (χ1n) is 9.64. The second-order valence-electron chi connectivity index (χ2n) is 6.20. The highest BCUT2D eigenvalue weighted by atomic mass is 16.5. The van der Waals surface area contributed by atoms with Crippen molar-refractivity contribution in [3.63, 3.8) is 0 Å². The van der Waals surface area contributed by atoms with Gasteiger partial charge in [0.25, 0.3) is 0 Å². The molecule has 8 heteroatoms. The van der Waals surface area contributed by atoms with Gasteiger partial charge in [-0.2, -0.15) is 0 Å². The molecule has 0 unspecified atom stereocenters. The van der Waals surface area contributed by atoms with Crippen molar-refractivity contribution < 1.29 is 14.3 Å². The van der Waals surface area contributed by atoms with Gasteiger partial charge in [0.05, 0.1) is 20.3 Å². The molecule has 0 aliphatic heterocycles. The molecule has 2 rings (SSSR count). The van der Waals surface area contributed by atoms with Gasteiger partial charge in [0, 0.05) is 30.9 Å². The number of aromatic nitrogens is 1. The normalized spacial score (nSPS) is 11.0. The SMILES string of the molecule is CCNC(=NCCC(=O)Nc1ccc(C)cn1)Nc1ccc(OC)c(OCC)c1. The molecule has 1 heterocycles. The average Bonchev–Trinajstić information content (AvgIpc) is 2.70. The number of benzene rings is 1. The highest BCUT2D eigenvalue weighted by Crippen LogP contribution is 2.30. The summed E-state index contributed by atoms with van der Waals surface area (Å²) in [4.78, 5) is 20.7. The Morgan fingerprint density at radius 1 is 1.14 bits per heavy atom. The van der Waals surface area contributed by atoms with Crippen LogP contribution in [-0.4, -0.2) is 43.7 Å². The minimum atomic E-state index is -0.135. The first-order chi connectivity index (χ1) is 14.0. The Hall–Kier alpha value is -3.29. The van der Waals surface area contributed by atoms with Crippen molar-refractivity contribution in [2.45, 2.75) is 27.2 Å². The molecule has 1 amide bonds. The van der Waals surface area contributed by atoms with Gasteiger partial charge in [0.15, 0.2) is 17.5 Å². The molecule has 0 atom stereocenters. The fourth-order valence-corrected chi connectivity index (χ4v) is 2.48. The Labute approximate surface area is 171 Å². The van der Waals surface area contributed by atoms with Crippen molar-refractivity contribution in [1.82, 2.24) is 10.3 Å². The van der Waals surface area contributed by atoms with E-state index in [-0.39, 0.29) is 12.3 Å². The third-order valence-electron chi connectivity index (χ3n) is 3.86. The van der Waals surface area contributed by atoms with Crippen LogP contribution in [-0.2, 0) is 4.79 Å². The summed E-state index contributed by atoms with van der Waals surface area (Å²) >= 11 is 0. The largest absolute Gasteiger partial charge is 0.493 e. The Bertz CT molecular complexity index is 822. The van der Waals surface area contributed by atoms with Crippen LogP contribution in [0.2, 0.25) is 0 Å². The minimum absolute atomic E-state index is 0.135. The van der Waals surface area contributed by atoms with Crippen molar-refractivity contribution >= 4 is 23.4 Å². The number of aryl methyl sites for hydroxylation is 1. The number of anilines is 2. The van der Waals surface area contributed by atoms with Crippen LogP contribution in [0.3, 0.4) is 0 Å². The van der Waals surface area contributed by atoms with Crippen molar-refractivity contribution in [1.29, 1.82) is 0 Å². The van der Waals surface area contributed by atoms with E-state index in [0.29, 0.717) is 43.0 Å². The summed E-state index contributed by atoms with van der Waals surface area (Å²) in [5, 5.41) is 9.15. The van der Waals surface area contributed by atoms with Gasteiger partial charge >= 0.3 is 0 Å². The summed E-state index contributed by atoms with van der Waals surface area (Å²) in [6.07, 6.45) is 1.96. The molecular weight excluding hydrogens is 370 g/mol. The summed E-state index contributed by atoms with van der Waals surface area (Å²) in [6.45, 7) is 7.41. The van der Waals surface area contributed by atoms with E-state index < -0.39 is 0 Å². The van der Waals surface area contributed by atoms with Gasteiger partial charge in [0.1, 0.15) is 5.82 Å². The van der Waals surface area contributed by atoms with E-state index >= 15 is 0 Å². The molecule has 8 nitrogen and oxygen atoms in total. The molecule has 29 heavy (non-hydrogen) atoms. The van der Waals surface area contributed by atoms with E-state index in [9.17, 15) is 4.79 Å². The maximum absolute atomic E-state index is 12.1. The predicted octanol–water partition coefficient (Wildman–Crippen LogP) is 3.20. The van der Waals surface area contributed by atoms with Gasteiger partial charge in [-0.25, -0.2) is 4.98 Å². The molecule has 0 aliphatic carbocycles. The smallest absolute Gasteiger partial charge is 0.227 e. The summed E-state index contributed by atoms with van der Waals surface area (Å²) < 4.78 is 10.9. The maximum Gasteiger partial charge on any atom is 0.227 e. The molecule has 0 aliphatic rings.